The minimum absolute atomic E-state index is 0. The fourth-order valence-corrected chi connectivity index (χ4v) is 0. The van der Waals surface area contributed by atoms with Crippen molar-refractivity contribution in [2.75, 3.05) is 0 Å². The van der Waals surface area contributed by atoms with Crippen LogP contribution in [0.15, 0.2) is 42.7 Å². The summed E-state index contributed by atoms with van der Waals surface area (Å²) >= 11 is 0. The molecule has 0 aliphatic rings. The van der Waals surface area contributed by atoms with Crippen LogP contribution >= 0.6 is 0 Å². The molecule has 27 heavy (non-hydrogen) atoms. The molecule has 0 unspecified atom stereocenters. The summed E-state index contributed by atoms with van der Waals surface area (Å²) in [6.07, 6.45) is 0. The Balaban J connectivity index is -0.00000000790. The van der Waals surface area contributed by atoms with Gasteiger partial charge >= 0.3 is 154 Å². The third-order valence-electron chi connectivity index (χ3n) is 0. The Morgan fingerprint density at radius 1 is 0.296 bits per heavy atom. The van der Waals surface area contributed by atoms with Gasteiger partial charge < -0.3 is 45.9 Å². The van der Waals surface area contributed by atoms with Crippen LogP contribution in [0.2, 0.25) is 0 Å². The fourth-order valence-electron chi connectivity index (χ4n) is 0. The molecule has 8 N–H and O–H groups in total. The van der Waals surface area contributed by atoms with Crippen LogP contribution in [0.3, 0.4) is 0 Å². The van der Waals surface area contributed by atoms with Gasteiger partial charge in [-0.05, 0) is 0 Å². The van der Waals surface area contributed by atoms with Crippen LogP contribution in [0.25, 0.3) is 0 Å². The summed E-state index contributed by atoms with van der Waals surface area (Å²) in [4.78, 5) is 64.9. The van der Waals surface area contributed by atoms with Crippen molar-refractivity contribution in [1.29, 1.82) is 0 Å². The molecule has 0 saturated carbocycles. The maximum absolute atomic E-state index is 8.11. The molecule has 0 bridgehead atoms. The summed E-state index contributed by atoms with van der Waals surface area (Å²) in [5, 5.41) is 63.1. The summed E-state index contributed by atoms with van der Waals surface area (Å²) in [7, 11) is 0. The Morgan fingerprint density at radius 2 is 0.296 bits per heavy atom. The van der Waals surface area contributed by atoms with Crippen molar-refractivity contribution in [3.63, 3.8) is 0 Å². The molecule has 0 amide bonds. The van der Waals surface area contributed by atoms with Crippen LogP contribution in [-0.4, -0.2) is 41.7 Å². The number of rotatable bonds is 0. The fraction of sp³-hybridized carbons (Fsp3) is 0. The van der Waals surface area contributed by atoms with Gasteiger partial charge in [-0.1, -0.05) is 0 Å². The third-order valence-corrected chi connectivity index (χ3v) is 0. The van der Waals surface area contributed by atoms with E-state index in [2.05, 4.69) is 0 Å². The Bertz CT molecular complexity index is 182. The second-order valence-corrected chi connectivity index (χ2v) is 0.653. The van der Waals surface area contributed by atoms with Crippen LogP contribution in [0.1, 0.15) is 4.28 Å². The Morgan fingerprint density at radius 3 is 0.296 bits per heavy atom. The molecular weight excluding hydrogens is 485 g/mol. The second-order valence-electron chi connectivity index (χ2n) is 0.653. The summed E-state index contributed by atoms with van der Waals surface area (Å²) in [5.74, 6) is 0. The van der Waals surface area contributed by atoms with E-state index in [-0.39, 0.29) is 158 Å². The number of hydrogen-bond donors (Lipinski definition) is 8. The molecule has 0 heterocycles. The topological polar surface area (TPSA) is 397 Å². The molecule has 27 heteroatoms. The summed E-state index contributed by atoms with van der Waals surface area (Å²) < 4.78 is 0. The quantitative estimate of drug-likeness (QED) is 0.0876. The first-order valence-corrected chi connectivity index (χ1v) is 3.06. The van der Waals surface area contributed by atoms with Crippen molar-refractivity contribution in [1.82, 2.24) is 0 Å². The van der Waals surface area contributed by atoms with Gasteiger partial charge in [-0.15, -0.1) is 39.3 Å². The van der Waals surface area contributed by atoms with Crippen LogP contribution in [0.5, 0.6) is 0 Å². The maximum Gasteiger partial charge on any atom is 1.00 e. The van der Waals surface area contributed by atoms with Gasteiger partial charge in [-0.2, -0.15) is 0 Å². The zero-order valence-electron chi connectivity index (χ0n) is 16.4. The van der Waals surface area contributed by atoms with E-state index in [1.54, 1.807) is 0 Å². The normalized spacial score (nSPS) is 3.56. The van der Waals surface area contributed by atoms with Gasteiger partial charge in [0, 0.05) is 0 Å². The smallest absolute Gasteiger partial charge is 1.00 e. The van der Waals surface area contributed by atoms with Crippen LogP contribution in [0.4, 0.5) is 0 Å². The van der Waals surface area contributed by atoms with Gasteiger partial charge in [0.2, 0.25) is 0 Å². The maximum atomic E-state index is 8.11. The zero-order chi connectivity index (χ0) is 21.7. The predicted octanol–water partition coefficient (Wildman–Crippen LogP) is -7.51. The molecule has 0 aliphatic heterocycles. The molecule has 0 spiro atoms. The first-order chi connectivity index (χ1) is 11.3. The van der Waals surface area contributed by atoms with E-state index in [0.29, 0.717) is 0 Å². The summed E-state index contributed by atoms with van der Waals surface area (Å²) in [6.45, 7) is 0. The molecular formula is H11K3N8O16. The molecule has 0 atom stereocenters. The number of nitrogens with zero attached hydrogens (tertiary/aromatic N) is 8. The third kappa shape index (κ3) is 1280000. The molecule has 0 aromatic rings. The van der Waals surface area contributed by atoms with E-state index in [9.17, 15) is 0 Å². The molecule has 150 valence electrons. The van der Waals surface area contributed by atoms with E-state index in [0.717, 1.165) is 0 Å². The minimum atomic E-state index is 0. The first-order valence-electron chi connectivity index (χ1n) is 3.06. The standard InChI is InChI=1S/3K.8HNO2.3H/c;;;8*2-1-3;;;/h;;;8*(H,2,3);;;/q3*+1;;;;;;;;;3*-1. The summed E-state index contributed by atoms with van der Waals surface area (Å²) in [5.41, 5.74) is 0. The molecule has 0 saturated heterocycles. The molecule has 0 aliphatic carbocycles. The summed E-state index contributed by atoms with van der Waals surface area (Å²) in [6, 6.07) is 0. The van der Waals surface area contributed by atoms with E-state index < -0.39 is 0 Å². The van der Waals surface area contributed by atoms with Crippen LogP contribution in [0, 0.1) is 39.3 Å². The molecule has 0 aromatic carbocycles. The van der Waals surface area contributed by atoms with Gasteiger partial charge in [0.15, 0.2) is 42.7 Å². The van der Waals surface area contributed by atoms with E-state index >= 15 is 0 Å². The van der Waals surface area contributed by atoms with Crippen molar-refractivity contribution in [3.05, 3.63) is 39.3 Å². The largest absolute Gasteiger partial charge is 1.00 e. The van der Waals surface area contributed by atoms with Gasteiger partial charge in [-0.25, -0.2) is 0 Å². The average Bonchev–Trinajstić information content (AvgIpc) is 2.45. The predicted molar refractivity (Wildman–Crippen MR) is 64.0 cm³/mol. The molecule has 0 aromatic heterocycles. The minimum Gasteiger partial charge on any atom is -1.00 e. The Kier molecular flexibility index (Phi) is 660. The molecule has 0 rings (SSSR count). The van der Waals surface area contributed by atoms with Crippen molar-refractivity contribution in [3.8, 4) is 0 Å². The van der Waals surface area contributed by atoms with E-state index in [4.69, 9.17) is 80.9 Å². The monoisotopic (exact) mass is 496 g/mol. The van der Waals surface area contributed by atoms with Crippen molar-refractivity contribution in [2.24, 2.45) is 42.7 Å². The Hall–Kier alpha value is 0.109. The second kappa shape index (κ2) is 250. The molecule has 0 radical (unpaired) electrons. The molecule has 24 nitrogen and oxygen atoms in total. The van der Waals surface area contributed by atoms with Crippen molar-refractivity contribution >= 4 is 0 Å². The van der Waals surface area contributed by atoms with Gasteiger partial charge in [0.1, 0.15) is 0 Å². The SMILES string of the molecule is O=NO.O=NO.O=NO.O=NO.O=NO.O=NO.O=NO.O=NO.[H-].[H-].[H-].[K+].[K+].[K+]. The van der Waals surface area contributed by atoms with E-state index in [1.165, 1.54) is 42.7 Å². The average molecular weight is 496 g/mol. The van der Waals surface area contributed by atoms with Crippen LogP contribution < -0.4 is 154 Å². The van der Waals surface area contributed by atoms with Gasteiger partial charge in [0.25, 0.3) is 0 Å². The van der Waals surface area contributed by atoms with Crippen LogP contribution in [-0.2, 0) is 0 Å². The van der Waals surface area contributed by atoms with Crippen molar-refractivity contribution < 1.29 is 200 Å². The Labute approximate surface area is 276 Å². The molecule has 0 fully saturated rings. The van der Waals surface area contributed by atoms with Gasteiger partial charge in [0.05, 0.1) is 0 Å². The number of hydrogen-bond acceptors (Lipinski definition) is 16. The zero-order valence-corrected chi connectivity index (χ0v) is 22.8. The van der Waals surface area contributed by atoms with Gasteiger partial charge in [-0.3, -0.25) is 0 Å². The van der Waals surface area contributed by atoms with E-state index in [1.807, 2.05) is 0 Å². The first kappa shape index (κ1) is 71.2. The van der Waals surface area contributed by atoms with Crippen molar-refractivity contribution in [2.45, 2.75) is 0 Å².